The summed E-state index contributed by atoms with van der Waals surface area (Å²) in [4.78, 5) is 12.0. The molecule has 1 aliphatic rings. The van der Waals surface area contributed by atoms with Crippen LogP contribution < -0.4 is 11.1 Å². The fourth-order valence-corrected chi connectivity index (χ4v) is 3.99. The minimum absolute atomic E-state index is 0.0126. The summed E-state index contributed by atoms with van der Waals surface area (Å²) in [6.07, 6.45) is 0.466. The van der Waals surface area contributed by atoms with Crippen LogP contribution in [0, 0.1) is 0 Å². The van der Waals surface area contributed by atoms with Gasteiger partial charge in [0.2, 0.25) is 0 Å². The number of halogens is 1. The van der Waals surface area contributed by atoms with E-state index in [0.717, 1.165) is 0 Å². The van der Waals surface area contributed by atoms with E-state index in [1.165, 1.54) is 0 Å². The molecule has 1 aromatic rings. The van der Waals surface area contributed by atoms with E-state index in [1.54, 1.807) is 18.2 Å². The third-order valence-corrected chi connectivity index (χ3v) is 5.26. The van der Waals surface area contributed by atoms with Crippen molar-refractivity contribution in [1.82, 2.24) is 5.32 Å². The molecule has 1 fully saturated rings. The van der Waals surface area contributed by atoms with Gasteiger partial charge in [0.25, 0.3) is 5.91 Å². The Labute approximate surface area is 114 Å². The van der Waals surface area contributed by atoms with Gasteiger partial charge in [0.1, 0.15) is 0 Å². The number of nitrogens with one attached hydrogen (secondary N) is 1. The van der Waals surface area contributed by atoms with Crippen molar-refractivity contribution in [2.75, 3.05) is 17.2 Å². The van der Waals surface area contributed by atoms with E-state index in [4.69, 9.17) is 5.73 Å². The van der Waals surface area contributed by atoms with Gasteiger partial charge >= 0.3 is 0 Å². The van der Waals surface area contributed by atoms with Crippen LogP contribution in [0.15, 0.2) is 22.7 Å². The molecular formula is C11H13BrN2O3S. The molecule has 1 heterocycles. The second kappa shape index (κ2) is 4.89. The van der Waals surface area contributed by atoms with Crippen molar-refractivity contribution in [3.63, 3.8) is 0 Å². The summed E-state index contributed by atoms with van der Waals surface area (Å²) in [6.45, 7) is 0. The number of amides is 1. The fourth-order valence-electron chi connectivity index (χ4n) is 1.89. The Kier molecular flexibility index (Phi) is 3.63. The molecule has 5 nitrogen and oxygen atoms in total. The van der Waals surface area contributed by atoms with E-state index in [-0.39, 0.29) is 23.5 Å². The van der Waals surface area contributed by atoms with Crippen molar-refractivity contribution in [3.05, 3.63) is 28.2 Å². The zero-order chi connectivity index (χ0) is 13.3. The number of anilines is 1. The van der Waals surface area contributed by atoms with E-state index in [9.17, 15) is 13.2 Å². The number of nitrogens with two attached hydrogens (primary N) is 1. The summed E-state index contributed by atoms with van der Waals surface area (Å²) < 4.78 is 23.2. The van der Waals surface area contributed by atoms with Gasteiger partial charge in [0, 0.05) is 16.2 Å². The maximum absolute atomic E-state index is 12.0. The Bertz CT molecular complexity index is 586. The number of hydrogen-bond acceptors (Lipinski definition) is 4. The van der Waals surface area contributed by atoms with Gasteiger partial charge in [0.15, 0.2) is 9.84 Å². The number of hydrogen-bond donors (Lipinski definition) is 2. The topological polar surface area (TPSA) is 89.3 Å². The first-order chi connectivity index (χ1) is 8.37. The van der Waals surface area contributed by atoms with Crippen LogP contribution in [0.25, 0.3) is 0 Å². The Morgan fingerprint density at radius 3 is 2.78 bits per heavy atom. The molecule has 0 saturated carbocycles. The molecule has 1 aromatic carbocycles. The first-order valence-electron chi connectivity index (χ1n) is 5.44. The lowest BCUT2D eigenvalue weighted by Crippen LogP contribution is -2.35. The van der Waals surface area contributed by atoms with Crippen molar-refractivity contribution in [2.45, 2.75) is 12.5 Å². The van der Waals surface area contributed by atoms with Gasteiger partial charge in [-0.05, 0) is 40.5 Å². The molecule has 1 unspecified atom stereocenters. The largest absolute Gasteiger partial charge is 0.399 e. The highest BCUT2D eigenvalue weighted by molar-refractivity contribution is 9.10. The van der Waals surface area contributed by atoms with Crippen LogP contribution in [0.3, 0.4) is 0 Å². The van der Waals surface area contributed by atoms with E-state index in [2.05, 4.69) is 21.2 Å². The zero-order valence-electron chi connectivity index (χ0n) is 9.52. The molecule has 7 heteroatoms. The third-order valence-electron chi connectivity index (χ3n) is 2.80. The van der Waals surface area contributed by atoms with Crippen molar-refractivity contribution < 1.29 is 13.2 Å². The number of benzene rings is 1. The minimum atomic E-state index is -2.99. The molecular weight excluding hydrogens is 320 g/mol. The van der Waals surface area contributed by atoms with Crippen molar-refractivity contribution in [1.29, 1.82) is 0 Å². The van der Waals surface area contributed by atoms with Gasteiger partial charge in [-0.15, -0.1) is 0 Å². The molecule has 1 atom stereocenters. The predicted molar refractivity (Wildman–Crippen MR) is 73.1 cm³/mol. The lowest BCUT2D eigenvalue weighted by atomic mass is 10.1. The van der Waals surface area contributed by atoms with Gasteiger partial charge in [-0.2, -0.15) is 0 Å². The molecule has 0 spiro atoms. The molecule has 0 aromatic heterocycles. The summed E-state index contributed by atoms with van der Waals surface area (Å²) in [6, 6.07) is 4.62. The maximum atomic E-state index is 12.0. The van der Waals surface area contributed by atoms with Gasteiger partial charge in [-0.1, -0.05) is 0 Å². The first-order valence-corrected chi connectivity index (χ1v) is 8.05. The number of carbonyl (C=O) groups excluding carboxylic acids is 1. The Hall–Kier alpha value is -1.08. The van der Waals surface area contributed by atoms with Gasteiger partial charge in [-0.25, -0.2) is 8.42 Å². The lowest BCUT2D eigenvalue weighted by Gasteiger charge is -2.12. The third kappa shape index (κ3) is 3.02. The van der Waals surface area contributed by atoms with Crippen molar-refractivity contribution >= 4 is 37.4 Å². The monoisotopic (exact) mass is 332 g/mol. The SMILES string of the molecule is Nc1ccc(Br)c(C(=O)NC2CCS(=O)(=O)C2)c1. The van der Waals surface area contributed by atoms with Gasteiger partial charge in [-0.3, -0.25) is 4.79 Å². The minimum Gasteiger partial charge on any atom is -0.399 e. The highest BCUT2D eigenvalue weighted by Gasteiger charge is 2.29. The molecule has 0 aliphatic carbocycles. The van der Waals surface area contributed by atoms with Gasteiger partial charge < -0.3 is 11.1 Å². The van der Waals surface area contributed by atoms with E-state index in [1.807, 2.05) is 0 Å². The number of carbonyl (C=O) groups is 1. The Morgan fingerprint density at radius 2 is 2.17 bits per heavy atom. The zero-order valence-corrected chi connectivity index (χ0v) is 11.9. The molecule has 0 bridgehead atoms. The number of rotatable bonds is 2. The Morgan fingerprint density at radius 1 is 1.44 bits per heavy atom. The van der Waals surface area contributed by atoms with Crippen LogP contribution in [0.2, 0.25) is 0 Å². The van der Waals surface area contributed by atoms with Crippen LogP contribution in [0.1, 0.15) is 16.8 Å². The number of sulfone groups is 1. The average molecular weight is 333 g/mol. The maximum Gasteiger partial charge on any atom is 0.252 e. The molecule has 18 heavy (non-hydrogen) atoms. The summed E-state index contributed by atoms with van der Waals surface area (Å²) in [5, 5.41) is 2.72. The molecule has 1 amide bonds. The second-order valence-electron chi connectivity index (χ2n) is 4.31. The van der Waals surface area contributed by atoms with E-state index in [0.29, 0.717) is 22.1 Å². The lowest BCUT2D eigenvalue weighted by molar-refractivity contribution is 0.0940. The summed E-state index contributed by atoms with van der Waals surface area (Å²) in [5.41, 5.74) is 6.52. The highest BCUT2D eigenvalue weighted by Crippen LogP contribution is 2.20. The second-order valence-corrected chi connectivity index (χ2v) is 7.40. The van der Waals surface area contributed by atoms with Crippen molar-refractivity contribution in [3.8, 4) is 0 Å². The quantitative estimate of drug-likeness (QED) is 0.789. The summed E-state index contributed by atoms with van der Waals surface area (Å²) >= 11 is 3.27. The summed E-state index contributed by atoms with van der Waals surface area (Å²) in [5.74, 6) is -0.161. The molecule has 0 radical (unpaired) electrons. The van der Waals surface area contributed by atoms with Crippen LogP contribution in [-0.2, 0) is 9.84 Å². The van der Waals surface area contributed by atoms with E-state index >= 15 is 0 Å². The van der Waals surface area contributed by atoms with Crippen LogP contribution in [0.4, 0.5) is 5.69 Å². The summed E-state index contributed by atoms with van der Waals surface area (Å²) in [7, 11) is -2.99. The van der Waals surface area contributed by atoms with Crippen LogP contribution >= 0.6 is 15.9 Å². The molecule has 3 N–H and O–H groups in total. The average Bonchev–Trinajstić information content (AvgIpc) is 2.61. The first kappa shape index (κ1) is 13.4. The normalized spacial score (nSPS) is 21.7. The van der Waals surface area contributed by atoms with E-state index < -0.39 is 9.84 Å². The van der Waals surface area contributed by atoms with Crippen LogP contribution in [-0.4, -0.2) is 31.9 Å². The van der Waals surface area contributed by atoms with Crippen molar-refractivity contribution in [2.24, 2.45) is 0 Å². The standard InChI is InChI=1S/C11H13BrN2O3S/c12-10-2-1-7(13)5-9(10)11(15)14-8-3-4-18(16,17)6-8/h1-2,5,8H,3-4,6,13H2,(H,14,15). The van der Waals surface area contributed by atoms with Gasteiger partial charge in [0.05, 0.1) is 17.1 Å². The highest BCUT2D eigenvalue weighted by atomic mass is 79.9. The Balaban J connectivity index is 2.11. The van der Waals surface area contributed by atoms with Crippen LogP contribution in [0.5, 0.6) is 0 Å². The predicted octanol–water partition coefficient (Wildman–Crippen LogP) is 0.948. The molecule has 2 rings (SSSR count). The molecule has 1 saturated heterocycles. The smallest absolute Gasteiger partial charge is 0.252 e. The molecule has 98 valence electrons. The molecule has 1 aliphatic heterocycles. The fraction of sp³-hybridized carbons (Fsp3) is 0.364. The number of nitrogen functional groups attached to an aromatic ring is 1.